The molecule has 1 heterocycles. The zero-order chi connectivity index (χ0) is 34.6. The molecule has 0 radical (unpaired) electrons. The van der Waals surface area contributed by atoms with Crippen LogP contribution in [0, 0.1) is 33.5 Å². The van der Waals surface area contributed by atoms with Crippen molar-refractivity contribution in [1.82, 2.24) is 4.90 Å². The van der Waals surface area contributed by atoms with E-state index < -0.39 is 40.4 Å². The van der Waals surface area contributed by atoms with Crippen LogP contribution in [0.2, 0.25) is 0 Å². The van der Waals surface area contributed by atoms with E-state index in [1.165, 1.54) is 24.3 Å². The molecule has 1 N–H and O–H groups in total. The summed E-state index contributed by atoms with van der Waals surface area (Å²) in [6, 6.07) is 12.8. The van der Waals surface area contributed by atoms with Crippen LogP contribution in [0.25, 0.3) is 0 Å². The molecule has 9 rings (SSSR count). The smallest absolute Gasteiger partial charge is 0.497 e. The topological polar surface area (TPSA) is 85.3 Å². The first-order valence-corrected chi connectivity index (χ1v) is 17.3. The predicted molar refractivity (Wildman–Crippen MR) is 174 cm³/mol. The number of halogens is 3. The molecule has 260 valence electrons. The predicted octanol–water partition coefficient (Wildman–Crippen LogP) is 8.03. The zero-order valence-electron chi connectivity index (χ0n) is 28.0. The quantitative estimate of drug-likeness (QED) is 0.246. The summed E-state index contributed by atoms with van der Waals surface area (Å²) in [5, 5.41) is 10.9. The van der Waals surface area contributed by atoms with Gasteiger partial charge in [0.2, 0.25) is 0 Å². The summed E-state index contributed by atoms with van der Waals surface area (Å²) in [6.07, 6.45) is 6.50. The van der Waals surface area contributed by atoms with Crippen LogP contribution in [0.3, 0.4) is 0 Å². The highest BCUT2D eigenvalue weighted by Gasteiger charge is 2.76. The van der Waals surface area contributed by atoms with Gasteiger partial charge < -0.3 is 19.3 Å². The molecular formula is C39H42F3NO6. The molecule has 49 heavy (non-hydrogen) atoms. The third-order valence-electron chi connectivity index (χ3n) is 13.8. The molecule has 7 nitrogen and oxygen atoms in total. The summed E-state index contributed by atoms with van der Waals surface area (Å²) in [5.74, 6) is 0.557. The Bertz CT molecular complexity index is 1750. The molecule has 0 aromatic heterocycles. The SMILES string of the molecule is COc1ccc(C(=O)C2=CC34C=CC25C(CCC2(C)C5CCC25CN(Cc2ccc(OC(F)(F)F)cc2)C(=O)O5)C3(C)CCC(O)C4)cc1. The van der Waals surface area contributed by atoms with Gasteiger partial charge in [0, 0.05) is 33.9 Å². The summed E-state index contributed by atoms with van der Waals surface area (Å²) in [5.41, 5.74) is -0.270. The van der Waals surface area contributed by atoms with E-state index in [-0.39, 0.29) is 35.3 Å². The van der Waals surface area contributed by atoms with E-state index in [2.05, 4.69) is 36.8 Å². The molecule has 7 aliphatic rings. The van der Waals surface area contributed by atoms with Gasteiger partial charge in [-0.05, 0) is 104 Å². The monoisotopic (exact) mass is 677 g/mol. The number of fused-ring (bicyclic) bond motifs is 2. The highest BCUT2D eigenvalue weighted by atomic mass is 19.4. The first-order valence-electron chi connectivity index (χ1n) is 17.3. The van der Waals surface area contributed by atoms with Crippen molar-refractivity contribution in [2.45, 2.75) is 83.4 Å². The summed E-state index contributed by atoms with van der Waals surface area (Å²) in [6.45, 7) is 5.17. The first kappa shape index (κ1) is 32.4. The standard InChI is InChI=1S/C39H42F3NO6/c1-34-15-12-26(44)20-36(34)18-19-38(29(21-36)32(45)25-6-10-27(47-3)11-7-25)30(34)13-16-35(2)31(38)14-17-37(35)23-43(33(46)49-37)22-24-4-8-28(9-5-24)48-39(40,41)42/h4-11,18-19,21,26,30-31,44H,12-17,20,22-23H2,1-3H3. The van der Waals surface area contributed by atoms with Crippen LogP contribution < -0.4 is 9.47 Å². The molecule has 1 amide bonds. The lowest BCUT2D eigenvalue weighted by atomic mass is 9.32. The van der Waals surface area contributed by atoms with Crippen LogP contribution in [-0.4, -0.2) is 53.6 Å². The average molecular weight is 678 g/mol. The highest BCUT2D eigenvalue weighted by molar-refractivity contribution is 6.10. The van der Waals surface area contributed by atoms with Crippen molar-refractivity contribution in [2.75, 3.05) is 13.7 Å². The lowest BCUT2D eigenvalue weighted by molar-refractivity contribution is -0.274. The number of Topliss-reactive ketones (excluding diaryl/α,β-unsaturated/α-hetero) is 1. The van der Waals surface area contributed by atoms with Crippen molar-refractivity contribution in [3.05, 3.63) is 83.5 Å². The van der Waals surface area contributed by atoms with E-state index in [1.807, 2.05) is 24.3 Å². The molecule has 8 atom stereocenters. The third-order valence-corrected chi connectivity index (χ3v) is 13.8. The van der Waals surface area contributed by atoms with Gasteiger partial charge in [-0.1, -0.05) is 44.2 Å². The summed E-state index contributed by atoms with van der Waals surface area (Å²) in [4.78, 5) is 29.9. The molecule has 3 spiro atoms. The number of allylic oxidation sites excluding steroid dienone is 4. The first-order chi connectivity index (χ1) is 23.2. The van der Waals surface area contributed by atoms with Crippen LogP contribution in [0.15, 0.2) is 72.3 Å². The number of amides is 1. The number of aliphatic hydroxyl groups excluding tert-OH is 1. The number of aliphatic hydroxyl groups is 1. The molecule has 8 unspecified atom stereocenters. The van der Waals surface area contributed by atoms with E-state index in [9.17, 15) is 27.9 Å². The average Bonchev–Trinajstić information content (AvgIpc) is 3.54. The molecule has 3 saturated carbocycles. The fourth-order valence-corrected chi connectivity index (χ4v) is 11.4. The number of carbonyl (C=O) groups excluding carboxylic acids is 2. The summed E-state index contributed by atoms with van der Waals surface area (Å²) >= 11 is 0. The number of methoxy groups -OCH3 is 1. The van der Waals surface area contributed by atoms with Gasteiger partial charge in [-0.15, -0.1) is 13.2 Å². The Morgan fingerprint density at radius 2 is 1.59 bits per heavy atom. The van der Waals surface area contributed by atoms with E-state index >= 15 is 0 Å². The number of hydrogen-bond acceptors (Lipinski definition) is 6. The summed E-state index contributed by atoms with van der Waals surface area (Å²) < 4.78 is 53.9. The van der Waals surface area contributed by atoms with E-state index in [0.717, 1.165) is 37.7 Å². The molecular weight excluding hydrogens is 635 g/mol. The van der Waals surface area contributed by atoms with E-state index in [0.29, 0.717) is 36.3 Å². The second-order valence-corrected chi connectivity index (χ2v) is 15.7. The number of ketones is 1. The maximum absolute atomic E-state index is 14.7. The lowest BCUT2D eigenvalue weighted by Crippen LogP contribution is -2.67. The molecule has 1 aliphatic heterocycles. The van der Waals surface area contributed by atoms with Crippen LogP contribution in [0.1, 0.15) is 74.7 Å². The number of ether oxygens (including phenoxy) is 3. The van der Waals surface area contributed by atoms with Gasteiger partial charge in [-0.2, -0.15) is 0 Å². The van der Waals surface area contributed by atoms with Crippen molar-refractivity contribution in [3.63, 3.8) is 0 Å². The minimum absolute atomic E-state index is 0.00770. The Hall–Kier alpha value is -3.79. The zero-order valence-corrected chi connectivity index (χ0v) is 28.0. The number of nitrogens with zero attached hydrogens (tertiary/aromatic N) is 1. The maximum Gasteiger partial charge on any atom is 0.573 e. The molecule has 2 aromatic rings. The fourth-order valence-electron chi connectivity index (χ4n) is 11.4. The van der Waals surface area contributed by atoms with Gasteiger partial charge in [0.1, 0.15) is 17.1 Å². The Morgan fingerprint density at radius 3 is 2.29 bits per heavy atom. The van der Waals surface area contributed by atoms with Gasteiger partial charge in [0.25, 0.3) is 0 Å². The van der Waals surface area contributed by atoms with Gasteiger partial charge in [-0.25, -0.2) is 4.79 Å². The fraction of sp³-hybridized carbons (Fsp3) is 0.538. The molecule has 2 aromatic carbocycles. The minimum atomic E-state index is -4.78. The van der Waals surface area contributed by atoms with Gasteiger partial charge >= 0.3 is 12.5 Å². The Morgan fingerprint density at radius 1 is 0.939 bits per heavy atom. The number of alkyl halides is 3. The Balaban J connectivity index is 1.15. The number of carbonyl (C=O) groups is 2. The number of rotatable bonds is 6. The Kier molecular flexibility index (Phi) is 7.02. The summed E-state index contributed by atoms with van der Waals surface area (Å²) in [7, 11) is 1.60. The second kappa shape index (κ2) is 10.6. The Labute approximate surface area is 284 Å². The molecule has 10 heteroatoms. The van der Waals surface area contributed by atoms with Crippen molar-refractivity contribution in [2.24, 2.45) is 33.5 Å². The highest BCUT2D eigenvalue weighted by Crippen LogP contribution is 2.79. The normalized spacial score (nSPS) is 38.8. The molecule has 4 fully saturated rings. The van der Waals surface area contributed by atoms with Crippen LogP contribution >= 0.6 is 0 Å². The van der Waals surface area contributed by atoms with Crippen molar-refractivity contribution >= 4 is 11.9 Å². The maximum atomic E-state index is 14.7. The molecule has 6 aliphatic carbocycles. The third kappa shape index (κ3) is 4.51. The van der Waals surface area contributed by atoms with Crippen LogP contribution in [0.5, 0.6) is 11.5 Å². The van der Waals surface area contributed by atoms with Crippen LogP contribution in [-0.2, 0) is 11.3 Å². The minimum Gasteiger partial charge on any atom is -0.497 e. The second-order valence-electron chi connectivity index (χ2n) is 15.7. The van der Waals surface area contributed by atoms with E-state index in [1.54, 1.807) is 12.0 Å². The lowest BCUT2D eigenvalue weighted by Gasteiger charge is -2.71. The van der Waals surface area contributed by atoms with E-state index in [4.69, 9.17) is 9.47 Å². The van der Waals surface area contributed by atoms with Gasteiger partial charge in [0.15, 0.2) is 5.78 Å². The van der Waals surface area contributed by atoms with Crippen LogP contribution in [0.4, 0.5) is 18.0 Å². The number of benzene rings is 2. The van der Waals surface area contributed by atoms with Gasteiger partial charge in [-0.3, -0.25) is 9.69 Å². The van der Waals surface area contributed by atoms with Gasteiger partial charge in [0.05, 0.1) is 19.8 Å². The number of hydrogen-bond donors (Lipinski definition) is 1. The van der Waals surface area contributed by atoms with Crippen molar-refractivity contribution < 1.29 is 42.1 Å². The molecule has 2 bridgehead atoms. The van der Waals surface area contributed by atoms with Crippen molar-refractivity contribution in [1.29, 1.82) is 0 Å². The molecule has 1 saturated heterocycles. The largest absolute Gasteiger partial charge is 0.573 e. The van der Waals surface area contributed by atoms with Crippen molar-refractivity contribution in [3.8, 4) is 11.5 Å².